The molecule has 0 spiro atoms. The molecule has 13 heteroatoms. The molecule has 38 heavy (non-hydrogen) atoms. The highest BCUT2D eigenvalue weighted by Gasteiger charge is 2.38. The Morgan fingerprint density at radius 1 is 1.05 bits per heavy atom. The van der Waals surface area contributed by atoms with E-state index in [1.165, 1.54) is 11.0 Å². The van der Waals surface area contributed by atoms with Crippen molar-refractivity contribution in [3.05, 3.63) is 58.4 Å². The Balaban J connectivity index is 2.12. The zero-order chi connectivity index (χ0) is 28.6. The molecule has 1 atom stereocenters. The highest BCUT2D eigenvalue weighted by Crippen LogP contribution is 2.40. The molecule has 0 aromatic heterocycles. The molecule has 0 saturated heterocycles. The summed E-state index contributed by atoms with van der Waals surface area (Å²) >= 11 is 0. The van der Waals surface area contributed by atoms with Crippen molar-refractivity contribution in [1.29, 1.82) is 0 Å². The Morgan fingerprint density at radius 2 is 1.63 bits per heavy atom. The van der Waals surface area contributed by atoms with Crippen LogP contribution in [0.2, 0.25) is 0 Å². The molecule has 0 N–H and O–H groups in total. The van der Waals surface area contributed by atoms with Crippen LogP contribution in [0.5, 0.6) is 0 Å². The predicted molar refractivity (Wildman–Crippen MR) is 125 cm³/mol. The lowest BCUT2D eigenvalue weighted by Gasteiger charge is -2.33. The maximum atomic E-state index is 14.5. The smallest absolute Gasteiger partial charge is 0.416 e. The first kappa shape index (κ1) is 29.3. The Kier molecular flexibility index (Phi) is 8.38. The van der Waals surface area contributed by atoms with Gasteiger partial charge in [0.2, 0.25) is 5.91 Å². The van der Waals surface area contributed by atoms with Crippen molar-refractivity contribution >= 4 is 31.0 Å². The summed E-state index contributed by atoms with van der Waals surface area (Å²) in [4.78, 5) is 27.7. The lowest BCUT2D eigenvalue weighted by Crippen LogP contribution is -2.35. The summed E-state index contributed by atoms with van der Waals surface area (Å²) in [5.41, 5.74) is -3.49. The molecule has 1 heterocycles. The molecular formula is C25H24BF7N2O3. The van der Waals surface area contributed by atoms with Crippen LogP contribution in [-0.2, 0) is 28.4 Å². The van der Waals surface area contributed by atoms with Gasteiger partial charge in [-0.3, -0.25) is 9.69 Å². The highest BCUT2D eigenvalue weighted by molar-refractivity contribution is 6.32. The maximum Gasteiger partial charge on any atom is 0.416 e. The first-order valence-corrected chi connectivity index (χ1v) is 11.6. The van der Waals surface area contributed by atoms with E-state index in [2.05, 4.69) is 0 Å². The van der Waals surface area contributed by atoms with E-state index in [1.807, 2.05) is 0 Å². The van der Waals surface area contributed by atoms with Crippen molar-refractivity contribution in [2.75, 3.05) is 11.4 Å². The van der Waals surface area contributed by atoms with Crippen LogP contribution in [-0.4, -0.2) is 37.4 Å². The zero-order valence-corrected chi connectivity index (χ0v) is 20.7. The van der Waals surface area contributed by atoms with Crippen LogP contribution < -0.4 is 10.4 Å². The van der Waals surface area contributed by atoms with E-state index in [9.17, 15) is 40.3 Å². The maximum absolute atomic E-state index is 14.5. The molecule has 2 radical (unpaired) electrons. The summed E-state index contributed by atoms with van der Waals surface area (Å²) in [7, 11) is 5.76. The van der Waals surface area contributed by atoms with E-state index >= 15 is 0 Å². The molecule has 1 aliphatic heterocycles. The second-order valence-electron chi connectivity index (χ2n) is 9.24. The lowest BCUT2D eigenvalue weighted by atomic mass is 9.89. The van der Waals surface area contributed by atoms with E-state index in [0.29, 0.717) is 12.1 Å². The number of nitrogens with zero attached hydrogens (tertiary/aromatic N) is 2. The van der Waals surface area contributed by atoms with Crippen molar-refractivity contribution in [2.24, 2.45) is 0 Å². The molecule has 0 bridgehead atoms. The van der Waals surface area contributed by atoms with Crippen LogP contribution in [0.25, 0.3) is 0 Å². The third kappa shape index (κ3) is 6.60. The Hall–Kier alpha value is -3.25. The van der Waals surface area contributed by atoms with Gasteiger partial charge in [-0.05, 0) is 62.1 Å². The first-order chi connectivity index (χ1) is 17.5. The molecule has 0 fully saturated rings. The fraction of sp³-hybridized carbons (Fsp3) is 0.440. The van der Waals surface area contributed by atoms with Crippen molar-refractivity contribution < 1.29 is 45.1 Å². The molecule has 204 valence electrons. The highest BCUT2D eigenvalue weighted by atomic mass is 19.4. The number of fused-ring (bicyclic) bond motifs is 1. The number of carbonyl (C=O) groups is 2. The fourth-order valence-corrected chi connectivity index (χ4v) is 4.34. The number of carbonyl (C=O) groups excluding carboxylic acids is 2. The largest absolute Gasteiger partial charge is 0.446 e. The van der Waals surface area contributed by atoms with Crippen LogP contribution in [0.4, 0.5) is 41.2 Å². The van der Waals surface area contributed by atoms with Crippen LogP contribution in [0.3, 0.4) is 0 Å². The summed E-state index contributed by atoms with van der Waals surface area (Å²) in [5.74, 6) is -1.51. The van der Waals surface area contributed by atoms with Gasteiger partial charge in [0.05, 0.1) is 29.0 Å². The minimum Gasteiger partial charge on any atom is -0.446 e. The summed E-state index contributed by atoms with van der Waals surface area (Å²) in [6.45, 7) is 3.79. The molecule has 0 aliphatic carbocycles. The van der Waals surface area contributed by atoms with Gasteiger partial charge < -0.3 is 9.64 Å². The van der Waals surface area contributed by atoms with E-state index < -0.39 is 65.6 Å². The summed E-state index contributed by atoms with van der Waals surface area (Å²) in [6, 6.07) is 2.37. The molecule has 3 rings (SSSR count). The van der Waals surface area contributed by atoms with Crippen molar-refractivity contribution in [3.8, 4) is 0 Å². The van der Waals surface area contributed by atoms with Gasteiger partial charge in [0.25, 0.3) is 0 Å². The molecule has 1 aliphatic rings. The molecule has 0 saturated carbocycles. The van der Waals surface area contributed by atoms with Gasteiger partial charge in [0.15, 0.2) is 0 Å². The normalized spacial score (nSPS) is 16.2. The van der Waals surface area contributed by atoms with Crippen LogP contribution in [0.1, 0.15) is 61.9 Å². The van der Waals surface area contributed by atoms with Crippen LogP contribution >= 0.6 is 0 Å². The second kappa shape index (κ2) is 10.9. The number of alkyl halides is 6. The quantitative estimate of drug-likeness (QED) is 0.357. The minimum absolute atomic E-state index is 0.00421. The number of halogens is 7. The van der Waals surface area contributed by atoms with Crippen LogP contribution in [0, 0.1) is 5.82 Å². The number of anilines is 1. The summed E-state index contributed by atoms with van der Waals surface area (Å²) in [5, 5.41) is 0. The predicted octanol–water partition coefficient (Wildman–Crippen LogP) is 5.89. The molecule has 2 aromatic carbocycles. The molecular weight excluding hydrogens is 520 g/mol. The van der Waals surface area contributed by atoms with Gasteiger partial charge in [-0.15, -0.1) is 0 Å². The number of hydrogen-bond donors (Lipinski definition) is 0. The minimum atomic E-state index is -5.06. The van der Waals surface area contributed by atoms with Gasteiger partial charge in [-0.25, -0.2) is 9.18 Å². The van der Waals surface area contributed by atoms with Gasteiger partial charge in [0.1, 0.15) is 13.7 Å². The average molecular weight is 544 g/mol. The molecule has 1 unspecified atom stereocenters. The Labute approximate surface area is 215 Å². The van der Waals surface area contributed by atoms with E-state index in [1.54, 1.807) is 13.8 Å². The number of amides is 2. The summed E-state index contributed by atoms with van der Waals surface area (Å²) in [6.07, 6.45) is -11.0. The topological polar surface area (TPSA) is 49.9 Å². The van der Waals surface area contributed by atoms with Crippen LogP contribution in [0.15, 0.2) is 30.3 Å². The number of rotatable bonds is 4. The van der Waals surface area contributed by atoms with Crippen molar-refractivity contribution in [3.63, 3.8) is 0 Å². The fourth-order valence-electron chi connectivity index (χ4n) is 4.34. The number of hydrogen-bond acceptors (Lipinski definition) is 3. The van der Waals surface area contributed by atoms with Gasteiger partial charge in [-0.2, -0.15) is 26.3 Å². The third-order valence-corrected chi connectivity index (χ3v) is 5.99. The van der Waals surface area contributed by atoms with Gasteiger partial charge in [0, 0.05) is 20.0 Å². The van der Waals surface area contributed by atoms with Crippen molar-refractivity contribution in [2.45, 2.75) is 64.7 Å². The monoisotopic (exact) mass is 544 g/mol. The number of benzene rings is 2. The summed E-state index contributed by atoms with van der Waals surface area (Å²) < 4.78 is 100. The third-order valence-electron chi connectivity index (χ3n) is 5.99. The van der Waals surface area contributed by atoms with Gasteiger partial charge >= 0.3 is 18.4 Å². The van der Waals surface area contributed by atoms with E-state index in [0.717, 1.165) is 17.9 Å². The SMILES string of the molecule is [B]c1cc2c(cc1F)N(C(=O)OC(C)C)CCCC2N(Cc1cc(C(F)(F)F)cc(C(F)(F)F)c1)C(C)=O. The zero-order valence-electron chi connectivity index (χ0n) is 20.7. The Bertz CT molecular complexity index is 1180. The van der Waals surface area contributed by atoms with Crippen molar-refractivity contribution in [1.82, 2.24) is 4.90 Å². The van der Waals surface area contributed by atoms with E-state index in [4.69, 9.17) is 12.6 Å². The molecule has 5 nitrogen and oxygen atoms in total. The first-order valence-electron chi connectivity index (χ1n) is 11.6. The molecule has 2 aromatic rings. The van der Waals surface area contributed by atoms with Gasteiger partial charge in [-0.1, -0.05) is 11.5 Å². The van der Waals surface area contributed by atoms with E-state index in [-0.39, 0.29) is 42.2 Å². The number of ether oxygens (including phenoxy) is 1. The standard InChI is InChI=1S/C25H24BF7N2O3/c1-13(2)38-23(37)34-6-4-5-21(18-10-19(26)20(27)11-22(18)34)35(14(3)36)12-15-7-16(24(28,29)30)9-17(8-15)25(31,32)33/h7-11,13,21H,4-6,12H2,1-3H3. The second-order valence-corrected chi connectivity index (χ2v) is 9.24. The molecule has 2 amide bonds. The Morgan fingerprint density at radius 3 is 2.13 bits per heavy atom. The average Bonchev–Trinajstić information content (AvgIpc) is 2.95. The lowest BCUT2D eigenvalue weighted by molar-refractivity contribution is -0.143.